The van der Waals surface area contributed by atoms with Crippen LogP contribution in [0.15, 0.2) is 89.8 Å². The molecule has 2 atom stereocenters. The van der Waals surface area contributed by atoms with E-state index in [1.165, 1.54) is 33.5 Å². The van der Waals surface area contributed by atoms with Gasteiger partial charge in [0.1, 0.15) is 0 Å². The predicted molar refractivity (Wildman–Crippen MR) is 150 cm³/mol. The molecular weight excluding hydrogens is 524 g/mol. The van der Waals surface area contributed by atoms with Gasteiger partial charge in [-0.25, -0.2) is 13.2 Å². The van der Waals surface area contributed by atoms with E-state index in [-0.39, 0.29) is 36.9 Å². The van der Waals surface area contributed by atoms with Crippen LogP contribution < -0.4 is 0 Å². The number of amides is 1. The minimum atomic E-state index is -3.97. The van der Waals surface area contributed by atoms with Crippen LogP contribution in [0.25, 0.3) is 0 Å². The van der Waals surface area contributed by atoms with Crippen molar-refractivity contribution in [3.8, 4) is 0 Å². The Morgan fingerprint density at radius 3 is 1.97 bits per heavy atom. The summed E-state index contributed by atoms with van der Waals surface area (Å²) >= 11 is 5.97. The Bertz CT molecular complexity index is 1260. The number of hydrogen-bond donors (Lipinski definition) is 2. The van der Waals surface area contributed by atoms with Gasteiger partial charge < -0.3 is 10.2 Å². The average molecular weight is 559 g/mol. The molecule has 1 unspecified atom stereocenters. The molecule has 0 saturated heterocycles. The minimum Gasteiger partial charge on any atom is -0.465 e. The molecule has 7 nitrogen and oxygen atoms in total. The number of carbonyl (C=O) groups is 1. The summed E-state index contributed by atoms with van der Waals surface area (Å²) in [6, 6.07) is 23.4. The van der Waals surface area contributed by atoms with E-state index in [2.05, 4.69) is 0 Å². The second-order valence-corrected chi connectivity index (χ2v) is 12.1. The van der Waals surface area contributed by atoms with Gasteiger partial charge in [-0.2, -0.15) is 4.31 Å². The molecule has 3 rings (SSSR count). The highest BCUT2D eigenvalue weighted by atomic mass is 35.5. The highest BCUT2D eigenvalue weighted by Gasteiger charge is 2.34. The summed E-state index contributed by atoms with van der Waals surface area (Å²) < 4.78 is 28.5. The molecule has 9 heteroatoms. The fraction of sp³-hybridized carbons (Fsp3) is 0.345. The second kappa shape index (κ2) is 13.8. The van der Waals surface area contributed by atoms with E-state index in [4.69, 9.17) is 11.6 Å². The number of rotatable bonds is 13. The number of aliphatic hydroxyl groups excluding tert-OH is 1. The number of benzene rings is 3. The highest BCUT2D eigenvalue weighted by Crippen LogP contribution is 2.23. The summed E-state index contributed by atoms with van der Waals surface area (Å²) in [4.78, 5) is 13.7. The quantitative estimate of drug-likeness (QED) is 0.287. The summed E-state index contributed by atoms with van der Waals surface area (Å²) in [7, 11) is -3.97. The van der Waals surface area contributed by atoms with E-state index in [0.29, 0.717) is 11.4 Å². The van der Waals surface area contributed by atoms with Crippen LogP contribution in [0.2, 0.25) is 5.02 Å². The third-order valence-electron chi connectivity index (χ3n) is 6.37. The first-order valence-electron chi connectivity index (χ1n) is 12.6. The van der Waals surface area contributed by atoms with E-state index in [1.54, 1.807) is 0 Å². The van der Waals surface area contributed by atoms with Gasteiger partial charge in [0.05, 0.1) is 17.0 Å². The van der Waals surface area contributed by atoms with Crippen LogP contribution in [-0.2, 0) is 23.0 Å². The van der Waals surface area contributed by atoms with E-state index in [0.717, 1.165) is 11.1 Å². The van der Waals surface area contributed by atoms with Gasteiger partial charge in [-0.15, -0.1) is 0 Å². The van der Waals surface area contributed by atoms with Crippen molar-refractivity contribution in [1.82, 2.24) is 9.21 Å². The number of hydrogen-bond acceptors (Lipinski definition) is 4. The molecule has 0 aliphatic carbocycles. The van der Waals surface area contributed by atoms with Crippen molar-refractivity contribution in [2.75, 3.05) is 13.1 Å². The lowest BCUT2D eigenvalue weighted by atomic mass is 9.99. The van der Waals surface area contributed by atoms with E-state index in [1.807, 2.05) is 74.5 Å². The summed E-state index contributed by atoms with van der Waals surface area (Å²) in [5.74, 6) is 0.226. The van der Waals surface area contributed by atoms with Crippen LogP contribution in [0.5, 0.6) is 0 Å². The van der Waals surface area contributed by atoms with Crippen LogP contribution in [0.4, 0.5) is 4.79 Å². The molecule has 0 fully saturated rings. The Labute approximate surface area is 230 Å². The normalized spacial score (nSPS) is 13.4. The lowest BCUT2D eigenvalue weighted by molar-refractivity contribution is 0.0343. The van der Waals surface area contributed by atoms with Crippen molar-refractivity contribution in [3.63, 3.8) is 0 Å². The Balaban J connectivity index is 1.96. The zero-order valence-electron chi connectivity index (χ0n) is 21.7. The van der Waals surface area contributed by atoms with Crippen molar-refractivity contribution in [3.05, 3.63) is 101 Å². The molecule has 0 aliphatic rings. The van der Waals surface area contributed by atoms with Gasteiger partial charge in [0.15, 0.2) is 0 Å². The summed E-state index contributed by atoms with van der Waals surface area (Å²) in [6.45, 7) is 3.97. The van der Waals surface area contributed by atoms with Gasteiger partial charge in [0.25, 0.3) is 0 Å². The first kappa shape index (κ1) is 29.6. The molecule has 0 aliphatic heterocycles. The lowest BCUT2D eigenvalue weighted by Crippen LogP contribution is -2.52. The fourth-order valence-electron chi connectivity index (χ4n) is 4.21. The monoisotopic (exact) mass is 558 g/mol. The van der Waals surface area contributed by atoms with Gasteiger partial charge >= 0.3 is 6.09 Å². The topological polar surface area (TPSA) is 98.2 Å². The Hall–Kier alpha value is -2.91. The molecule has 0 spiro atoms. The van der Waals surface area contributed by atoms with Crippen LogP contribution in [0.3, 0.4) is 0 Å². The van der Waals surface area contributed by atoms with Crippen LogP contribution in [-0.4, -0.2) is 59.2 Å². The molecule has 0 heterocycles. The predicted octanol–water partition coefficient (Wildman–Crippen LogP) is 5.53. The third kappa shape index (κ3) is 8.30. The van der Waals surface area contributed by atoms with Crippen LogP contribution >= 0.6 is 11.6 Å². The number of sulfonamides is 1. The zero-order valence-corrected chi connectivity index (χ0v) is 23.2. The van der Waals surface area contributed by atoms with Crippen molar-refractivity contribution in [1.29, 1.82) is 0 Å². The van der Waals surface area contributed by atoms with Gasteiger partial charge in [-0.3, -0.25) is 4.90 Å². The maximum absolute atomic E-state index is 13.6. The SMILES string of the molecule is CC(C)CCN(C[C@@H](O)C(Cc1ccccc1)N(Cc1ccccc1)C(=O)O)S(=O)(=O)c1ccc(Cl)cc1. The summed E-state index contributed by atoms with van der Waals surface area (Å²) in [6.07, 6.45) is -1.68. The van der Waals surface area contributed by atoms with Crippen molar-refractivity contribution in [2.24, 2.45) is 5.92 Å². The maximum Gasteiger partial charge on any atom is 0.407 e. The molecule has 1 amide bonds. The van der Waals surface area contributed by atoms with E-state index < -0.39 is 28.3 Å². The minimum absolute atomic E-state index is 0.0562. The average Bonchev–Trinajstić information content (AvgIpc) is 2.89. The molecule has 0 radical (unpaired) electrons. The first-order valence-corrected chi connectivity index (χ1v) is 14.4. The van der Waals surface area contributed by atoms with Crippen LogP contribution in [0, 0.1) is 5.92 Å². The standard InChI is InChI=1S/C29H35ClN2O5S/c1-22(2)17-18-31(38(36,37)26-15-13-25(30)14-16-26)21-28(33)27(19-23-9-5-3-6-10-23)32(29(34)35)20-24-11-7-4-8-12-24/h3-16,22,27-28,33H,17-21H2,1-2H3,(H,34,35)/t27?,28-/m1/s1. The molecule has 3 aromatic carbocycles. The van der Waals surface area contributed by atoms with Crippen LogP contribution in [0.1, 0.15) is 31.4 Å². The highest BCUT2D eigenvalue weighted by molar-refractivity contribution is 7.89. The molecule has 0 aromatic heterocycles. The van der Waals surface area contributed by atoms with Gasteiger partial charge in [-0.1, -0.05) is 86.1 Å². The molecule has 0 bridgehead atoms. The van der Waals surface area contributed by atoms with Gasteiger partial charge in [-0.05, 0) is 54.2 Å². The van der Waals surface area contributed by atoms with Gasteiger partial charge in [0, 0.05) is 24.7 Å². The number of carboxylic acid groups (broad SMARTS) is 1. The number of nitrogens with zero attached hydrogens (tertiary/aromatic N) is 2. The molecule has 3 aromatic rings. The fourth-order valence-corrected chi connectivity index (χ4v) is 5.81. The smallest absolute Gasteiger partial charge is 0.407 e. The molecule has 0 saturated carbocycles. The van der Waals surface area contributed by atoms with E-state index in [9.17, 15) is 23.4 Å². The first-order chi connectivity index (χ1) is 18.1. The largest absolute Gasteiger partial charge is 0.465 e. The summed E-state index contributed by atoms with van der Waals surface area (Å²) in [5, 5.41) is 22.1. The molecular formula is C29H35ClN2O5S. The molecule has 204 valence electrons. The maximum atomic E-state index is 13.6. The zero-order chi connectivity index (χ0) is 27.7. The molecule has 38 heavy (non-hydrogen) atoms. The Morgan fingerprint density at radius 1 is 0.895 bits per heavy atom. The van der Waals surface area contributed by atoms with Crippen molar-refractivity contribution in [2.45, 2.75) is 50.3 Å². The van der Waals surface area contributed by atoms with E-state index >= 15 is 0 Å². The van der Waals surface area contributed by atoms with Crippen molar-refractivity contribution < 1.29 is 23.4 Å². The van der Waals surface area contributed by atoms with Gasteiger partial charge in [0.2, 0.25) is 10.0 Å². The Kier molecular flexibility index (Phi) is 10.7. The number of aliphatic hydroxyl groups is 1. The van der Waals surface area contributed by atoms with Crippen molar-refractivity contribution >= 4 is 27.7 Å². The molecule has 2 N–H and O–H groups in total. The second-order valence-electron chi connectivity index (χ2n) is 9.72. The number of halogens is 1. The third-order valence-corrected chi connectivity index (χ3v) is 8.50. The Morgan fingerprint density at radius 2 is 1.45 bits per heavy atom. The lowest BCUT2D eigenvalue weighted by Gasteiger charge is -2.35. The summed E-state index contributed by atoms with van der Waals surface area (Å²) in [5.41, 5.74) is 1.61.